The monoisotopic (exact) mass is 407 g/mol. The molecule has 134 valence electrons. The molecule has 3 aromatic rings. The standard InChI is InChI=1S/C17H15Cl2N5OS/c18-10-4-5-11(12(19)8-10)14(25)22-17-21-13-9-20-16(23-15(13)26-17)24-6-2-1-3-7-24/h4-5,8-9H,1-3,6-7H2,(H,21,22,25). The zero-order valence-corrected chi connectivity index (χ0v) is 16.0. The van der Waals surface area contributed by atoms with Gasteiger partial charge in [-0.15, -0.1) is 0 Å². The van der Waals surface area contributed by atoms with Crippen LogP contribution in [0.3, 0.4) is 0 Å². The van der Waals surface area contributed by atoms with E-state index in [1.807, 2.05) is 0 Å². The van der Waals surface area contributed by atoms with Gasteiger partial charge in [-0.2, -0.15) is 4.98 Å². The van der Waals surface area contributed by atoms with Crippen molar-refractivity contribution in [1.82, 2.24) is 15.0 Å². The molecule has 26 heavy (non-hydrogen) atoms. The second-order valence-corrected chi connectivity index (χ2v) is 7.83. The number of rotatable bonds is 3. The van der Waals surface area contributed by atoms with Crippen molar-refractivity contribution >= 4 is 61.9 Å². The minimum absolute atomic E-state index is 0.295. The van der Waals surface area contributed by atoms with Crippen LogP contribution < -0.4 is 10.2 Å². The maximum Gasteiger partial charge on any atom is 0.258 e. The highest BCUT2D eigenvalue weighted by Gasteiger charge is 2.17. The van der Waals surface area contributed by atoms with E-state index in [0.29, 0.717) is 26.3 Å². The van der Waals surface area contributed by atoms with Crippen LogP contribution in [-0.2, 0) is 0 Å². The predicted octanol–water partition coefficient (Wildman–Crippen LogP) is 4.64. The molecule has 1 amide bonds. The lowest BCUT2D eigenvalue weighted by Crippen LogP contribution is -2.30. The number of piperidine rings is 1. The van der Waals surface area contributed by atoms with Crippen molar-refractivity contribution in [2.75, 3.05) is 23.3 Å². The van der Waals surface area contributed by atoms with Crippen LogP contribution in [-0.4, -0.2) is 33.9 Å². The van der Waals surface area contributed by atoms with Crippen LogP contribution in [0.2, 0.25) is 10.0 Å². The van der Waals surface area contributed by atoms with Crippen LogP contribution in [0.1, 0.15) is 29.6 Å². The summed E-state index contributed by atoms with van der Waals surface area (Å²) in [6.45, 7) is 1.95. The zero-order chi connectivity index (χ0) is 18.1. The number of nitrogens with one attached hydrogen (secondary N) is 1. The third kappa shape index (κ3) is 3.60. The molecule has 9 heteroatoms. The van der Waals surface area contributed by atoms with E-state index in [9.17, 15) is 4.79 Å². The summed E-state index contributed by atoms with van der Waals surface area (Å²) < 4.78 is 0. The van der Waals surface area contributed by atoms with E-state index in [-0.39, 0.29) is 5.91 Å². The first-order valence-corrected chi connectivity index (χ1v) is 9.82. The van der Waals surface area contributed by atoms with Gasteiger partial charge in [0.25, 0.3) is 5.91 Å². The fourth-order valence-electron chi connectivity index (χ4n) is 2.86. The lowest BCUT2D eigenvalue weighted by Gasteiger charge is -2.26. The van der Waals surface area contributed by atoms with Crippen molar-refractivity contribution in [1.29, 1.82) is 0 Å². The highest BCUT2D eigenvalue weighted by molar-refractivity contribution is 7.22. The Kier molecular flexibility index (Phi) is 4.93. The van der Waals surface area contributed by atoms with E-state index in [2.05, 4.69) is 25.2 Å². The second kappa shape index (κ2) is 7.34. The van der Waals surface area contributed by atoms with Gasteiger partial charge < -0.3 is 4.90 Å². The number of benzene rings is 1. The fourth-order valence-corrected chi connectivity index (χ4v) is 4.16. The average Bonchev–Trinajstić information content (AvgIpc) is 3.03. The van der Waals surface area contributed by atoms with Gasteiger partial charge >= 0.3 is 0 Å². The van der Waals surface area contributed by atoms with E-state index in [0.717, 1.165) is 36.7 Å². The molecule has 0 radical (unpaired) electrons. The minimum atomic E-state index is -0.338. The molecule has 3 heterocycles. The molecular weight excluding hydrogens is 393 g/mol. The van der Waals surface area contributed by atoms with Gasteiger partial charge in [0.2, 0.25) is 5.95 Å². The molecule has 4 rings (SSSR count). The molecule has 1 aliphatic heterocycles. The molecule has 1 saturated heterocycles. The Hall–Kier alpha value is -1.96. The van der Waals surface area contributed by atoms with Crippen LogP contribution in [0.25, 0.3) is 10.3 Å². The lowest BCUT2D eigenvalue weighted by atomic mass is 10.1. The van der Waals surface area contributed by atoms with Crippen molar-refractivity contribution in [3.05, 3.63) is 40.0 Å². The number of thiazole rings is 1. The summed E-state index contributed by atoms with van der Waals surface area (Å²) in [7, 11) is 0. The van der Waals surface area contributed by atoms with Crippen LogP contribution in [0.15, 0.2) is 24.4 Å². The number of hydrogen-bond donors (Lipinski definition) is 1. The first-order valence-electron chi connectivity index (χ1n) is 8.25. The number of anilines is 2. The third-order valence-corrected chi connectivity index (χ3v) is 5.60. The van der Waals surface area contributed by atoms with Crippen molar-refractivity contribution in [3.8, 4) is 0 Å². The number of hydrogen-bond acceptors (Lipinski definition) is 6. The summed E-state index contributed by atoms with van der Waals surface area (Å²) in [6.07, 6.45) is 5.27. The van der Waals surface area contributed by atoms with Crippen LogP contribution in [0.5, 0.6) is 0 Å². The number of carbonyl (C=O) groups excluding carboxylic acids is 1. The SMILES string of the molecule is O=C(Nc1nc2cnc(N3CCCCC3)nc2s1)c1ccc(Cl)cc1Cl. The molecule has 6 nitrogen and oxygen atoms in total. The summed E-state index contributed by atoms with van der Waals surface area (Å²) in [6, 6.07) is 4.74. The Labute approximate surface area is 164 Å². The molecule has 0 aliphatic carbocycles. The molecule has 1 aromatic carbocycles. The van der Waals surface area contributed by atoms with Gasteiger partial charge in [0.1, 0.15) is 5.52 Å². The second-order valence-electron chi connectivity index (χ2n) is 6.01. The van der Waals surface area contributed by atoms with Crippen LogP contribution >= 0.6 is 34.5 Å². The largest absolute Gasteiger partial charge is 0.341 e. The number of aromatic nitrogens is 3. The van der Waals surface area contributed by atoms with Crippen LogP contribution in [0.4, 0.5) is 11.1 Å². The number of fused-ring (bicyclic) bond motifs is 1. The smallest absolute Gasteiger partial charge is 0.258 e. The Balaban J connectivity index is 1.56. The fraction of sp³-hybridized carbons (Fsp3) is 0.294. The maximum absolute atomic E-state index is 12.4. The summed E-state index contributed by atoms with van der Waals surface area (Å²) >= 11 is 13.3. The Morgan fingerprint density at radius 2 is 1.96 bits per heavy atom. The molecule has 0 unspecified atom stereocenters. The van der Waals surface area contributed by atoms with E-state index < -0.39 is 0 Å². The molecule has 0 atom stereocenters. The lowest BCUT2D eigenvalue weighted by molar-refractivity contribution is 0.102. The number of carbonyl (C=O) groups is 1. The zero-order valence-electron chi connectivity index (χ0n) is 13.7. The molecule has 1 fully saturated rings. The molecule has 0 bridgehead atoms. The highest BCUT2D eigenvalue weighted by Crippen LogP contribution is 2.28. The summed E-state index contributed by atoms with van der Waals surface area (Å²) in [5.74, 6) is 0.384. The first-order chi connectivity index (χ1) is 12.6. The molecule has 1 aliphatic rings. The Morgan fingerprint density at radius 1 is 1.15 bits per heavy atom. The normalized spacial score (nSPS) is 14.6. The van der Waals surface area contributed by atoms with Gasteiger partial charge in [0, 0.05) is 18.1 Å². The van der Waals surface area contributed by atoms with Crippen molar-refractivity contribution in [2.45, 2.75) is 19.3 Å². The molecule has 1 N–H and O–H groups in total. The summed E-state index contributed by atoms with van der Waals surface area (Å²) in [4.78, 5) is 28.8. The van der Waals surface area contributed by atoms with Gasteiger partial charge in [0.05, 0.1) is 16.8 Å². The van der Waals surface area contributed by atoms with E-state index in [1.54, 1.807) is 18.3 Å². The van der Waals surface area contributed by atoms with E-state index in [1.165, 1.54) is 23.8 Å². The van der Waals surface area contributed by atoms with E-state index >= 15 is 0 Å². The molecule has 0 saturated carbocycles. The van der Waals surface area contributed by atoms with Gasteiger partial charge in [-0.25, -0.2) is 9.97 Å². The third-order valence-electron chi connectivity index (χ3n) is 4.17. The minimum Gasteiger partial charge on any atom is -0.341 e. The van der Waals surface area contributed by atoms with Gasteiger partial charge in [-0.3, -0.25) is 10.1 Å². The quantitative estimate of drug-likeness (QED) is 0.684. The first kappa shape index (κ1) is 17.5. The van der Waals surface area contributed by atoms with Crippen molar-refractivity contribution in [3.63, 3.8) is 0 Å². The average molecular weight is 408 g/mol. The van der Waals surface area contributed by atoms with Gasteiger partial charge in [-0.1, -0.05) is 34.5 Å². The summed E-state index contributed by atoms with van der Waals surface area (Å²) in [5, 5.41) is 4.00. The van der Waals surface area contributed by atoms with Crippen molar-refractivity contribution in [2.24, 2.45) is 0 Å². The highest BCUT2D eigenvalue weighted by atomic mass is 35.5. The number of amides is 1. The topological polar surface area (TPSA) is 71.0 Å². The van der Waals surface area contributed by atoms with Crippen molar-refractivity contribution < 1.29 is 4.79 Å². The van der Waals surface area contributed by atoms with E-state index in [4.69, 9.17) is 23.2 Å². The van der Waals surface area contributed by atoms with Gasteiger partial charge in [-0.05, 0) is 37.5 Å². The number of nitrogens with zero attached hydrogens (tertiary/aromatic N) is 4. The predicted molar refractivity (Wildman–Crippen MR) is 106 cm³/mol. The summed E-state index contributed by atoms with van der Waals surface area (Å²) in [5.41, 5.74) is 1.00. The maximum atomic E-state index is 12.4. The molecule has 2 aromatic heterocycles. The molecule has 0 spiro atoms. The Bertz CT molecular complexity index is 971. The van der Waals surface area contributed by atoms with Crippen LogP contribution in [0, 0.1) is 0 Å². The van der Waals surface area contributed by atoms with Gasteiger partial charge in [0.15, 0.2) is 9.96 Å². The number of halogens is 2. The molecular formula is C17H15Cl2N5OS. The Morgan fingerprint density at radius 3 is 2.73 bits per heavy atom.